The van der Waals surface area contributed by atoms with Crippen molar-refractivity contribution >= 4 is 188 Å². The Morgan fingerprint density at radius 3 is 0.730 bits per heavy atom. The first-order valence-electron chi connectivity index (χ1n) is 40.8. The molecule has 12 aromatic rings. The number of carboxylic acids is 4. The number of fused-ring (bicyclic) bond motifs is 4. The predicted molar refractivity (Wildman–Crippen MR) is 499 cm³/mol. The number of sulfonamides is 4. The molecule has 26 nitrogen and oxygen atoms in total. The van der Waals surface area contributed by atoms with E-state index in [2.05, 4.69) is 28.7 Å². The number of carboxylic acid groups (broad SMARTS) is 4. The van der Waals surface area contributed by atoms with Crippen molar-refractivity contribution < 1.29 is 93.7 Å². The zero-order chi connectivity index (χ0) is 89.5. The van der Waals surface area contributed by atoms with E-state index >= 15 is 0 Å². The van der Waals surface area contributed by atoms with Gasteiger partial charge in [-0.15, -0.1) is 47.0 Å². The van der Waals surface area contributed by atoms with Crippen LogP contribution < -0.4 is 28.7 Å². The molecule has 660 valence electrons. The Bertz CT molecular complexity index is 6080. The summed E-state index contributed by atoms with van der Waals surface area (Å²) in [5.74, 6) is -4.39. The number of thioether (sulfide) groups is 4. The lowest BCUT2D eigenvalue weighted by Gasteiger charge is -2.28. The van der Waals surface area contributed by atoms with E-state index in [0.29, 0.717) is 85.9 Å². The van der Waals surface area contributed by atoms with Crippen LogP contribution in [-0.4, -0.2) is 148 Å². The third kappa shape index (κ3) is 23.1. The molecular formula is C92H94N6O20S8. The molecule has 0 bridgehead atoms. The van der Waals surface area contributed by atoms with E-state index in [0.717, 1.165) is 136 Å². The van der Waals surface area contributed by atoms with Gasteiger partial charge in [-0.1, -0.05) is 153 Å². The Labute approximate surface area is 747 Å². The molecule has 2 saturated carbocycles. The molecule has 2 heterocycles. The van der Waals surface area contributed by atoms with E-state index in [1.54, 1.807) is 146 Å². The van der Waals surface area contributed by atoms with E-state index in [4.69, 9.17) is 20.4 Å². The monoisotopic (exact) mass is 1860 g/mol. The molecule has 0 amide bonds. The molecule has 0 spiro atoms. The number of aromatic hydroxyl groups is 4. The van der Waals surface area contributed by atoms with Gasteiger partial charge >= 0.3 is 23.9 Å². The quantitative estimate of drug-likeness (QED) is 0.0160. The Morgan fingerprint density at radius 1 is 0.286 bits per heavy atom. The number of benzene rings is 12. The van der Waals surface area contributed by atoms with Crippen LogP contribution in [-0.2, 0) is 59.3 Å². The van der Waals surface area contributed by atoms with Gasteiger partial charge in [0.15, 0.2) is 0 Å². The smallest absolute Gasteiger partial charge is 0.313 e. The molecule has 2 aliphatic heterocycles. The maximum Gasteiger partial charge on any atom is 0.313 e. The number of hydrogen-bond donors (Lipinski definition) is 12. The first kappa shape index (κ1) is 92.4. The van der Waals surface area contributed by atoms with Gasteiger partial charge in [-0.2, -0.15) is 0 Å². The topological polar surface area (TPSA) is 421 Å². The van der Waals surface area contributed by atoms with E-state index in [-0.39, 0.29) is 77.0 Å². The number of phenolic OH excluding ortho intramolecular Hbond substituents is 4. The third-order valence-corrected chi connectivity index (χ3v) is 31.7. The number of phenols is 4. The van der Waals surface area contributed by atoms with Crippen LogP contribution in [0.1, 0.15) is 113 Å². The zero-order valence-electron chi connectivity index (χ0n) is 68.1. The second-order valence-electron chi connectivity index (χ2n) is 30.6. The summed E-state index contributed by atoms with van der Waals surface area (Å²) < 4.78 is 115. The normalized spacial score (nSPS) is 14.6. The molecule has 0 unspecified atom stereocenters. The second kappa shape index (κ2) is 41.5. The van der Waals surface area contributed by atoms with E-state index < -0.39 is 64.0 Å². The van der Waals surface area contributed by atoms with Crippen LogP contribution in [0, 0.1) is 0 Å². The fourth-order valence-electron chi connectivity index (χ4n) is 15.8. The van der Waals surface area contributed by atoms with Crippen LogP contribution in [0.5, 0.6) is 23.0 Å². The summed E-state index contributed by atoms with van der Waals surface area (Å²) in [6.07, 6.45) is 16.4. The number of aliphatic carboxylic acids is 4. The van der Waals surface area contributed by atoms with Crippen LogP contribution in [0.15, 0.2) is 258 Å². The molecule has 12 aromatic carbocycles. The van der Waals surface area contributed by atoms with Gasteiger partial charge in [0, 0.05) is 80.6 Å². The summed E-state index contributed by atoms with van der Waals surface area (Å²) in [4.78, 5) is 50.1. The molecule has 2 aliphatic carbocycles. The number of nitrogens with zero attached hydrogens (tertiary/aromatic N) is 2. The van der Waals surface area contributed by atoms with Gasteiger partial charge in [-0.25, -0.2) is 33.7 Å². The minimum Gasteiger partial charge on any atom is -0.506 e. The molecule has 34 heteroatoms. The van der Waals surface area contributed by atoms with Gasteiger partial charge in [0.2, 0.25) is 0 Å². The lowest BCUT2D eigenvalue weighted by atomic mass is 9.84. The number of piperidine rings is 1. The largest absolute Gasteiger partial charge is 0.506 e. The predicted octanol–water partition coefficient (Wildman–Crippen LogP) is 19.4. The average molecular weight is 1860 g/mol. The van der Waals surface area contributed by atoms with Crippen LogP contribution in [0.25, 0.3) is 43.1 Å². The Kier molecular flexibility index (Phi) is 30.4. The van der Waals surface area contributed by atoms with Crippen molar-refractivity contribution in [2.75, 3.05) is 77.9 Å². The summed E-state index contributed by atoms with van der Waals surface area (Å²) in [7, 11) is -15.5. The molecule has 0 atom stereocenters. The van der Waals surface area contributed by atoms with Crippen LogP contribution in [0.4, 0.5) is 34.1 Å². The second-order valence-corrected chi connectivity index (χ2v) is 41.4. The molecule has 126 heavy (non-hydrogen) atoms. The van der Waals surface area contributed by atoms with Crippen molar-refractivity contribution in [3.05, 3.63) is 230 Å². The van der Waals surface area contributed by atoms with E-state index in [1.165, 1.54) is 73.9 Å². The first-order chi connectivity index (χ1) is 60.4. The highest BCUT2D eigenvalue weighted by molar-refractivity contribution is 8.01. The van der Waals surface area contributed by atoms with Crippen LogP contribution >= 0.6 is 47.0 Å². The van der Waals surface area contributed by atoms with Crippen LogP contribution in [0.3, 0.4) is 0 Å². The van der Waals surface area contributed by atoms with Crippen molar-refractivity contribution in [2.45, 2.75) is 141 Å². The van der Waals surface area contributed by atoms with Gasteiger partial charge in [-0.05, 0) is 178 Å². The van der Waals surface area contributed by atoms with Gasteiger partial charge < -0.3 is 50.7 Å². The van der Waals surface area contributed by atoms with Gasteiger partial charge in [0.05, 0.1) is 84.9 Å². The lowest BCUT2D eigenvalue weighted by molar-refractivity contribution is -0.134. The fraction of sp³-hybridized carbons (Fsp3) is 0.261. The van der Waals surface area contributed by atoms with E-state index in [1.807, 2.05) is 48.5 Å². The zero-order valence-corrected chi connectivity index (χ0v) is 74.7. The van der Waals surface area contributed by atoms with Crippen molar-refractivity contribution in [1.29, 1.82) is 0 Å². The van der Waals surface area contributed by atoms with Gasteiger partial charge in [0.1, 0.15) is 23.0 Å². The fourth-order valence-corrected chi connectivity index (χ4v) is 23.0. The average Bonchev–Trinajstić information content (AvgIpc) is 0.956. The minimum atomic E-state index is -3.89. The number of nitrogens with one attached hydrogen (secondary N) is 4. The standard InChI is InChI=1S/C24H25NO5S2.C23H24N2O5S2.C23H23NO5S2.C22H22N2O5S2/c26-23(27)15-31-22-14-21(19-8-4-5-9-20(19)24(22)28)25-32(29,30)18-12-10-17(11-13-18)16-6-2-1-3-7-16;26-22(27)15-31-21-14-20(18-6-2-3-7-19(18)23(21)28)24-32(29,30)17-10-8-16(9-11-17)25-12-4-1-5-13-25;25-22(26)14-30-21-13-20(18-7-3-4-8-19(18)23(21)27)24-31(28,29)17-11-9-16(10-12-17)15-5-1-2-6-15;25-21(26)14-30-20-13-19(17-5-1-2-6-18(17)22(20)27)23-31(28,29)16-9-7-15(8-10-16)24-11-3-4-12-24/h4-5,8-14,16,25,28H,1-3,6-7,15H2,(H,26,27);2-3,6-11,14,24,28H,1,4-5,12-13,15H2,(H,26,27);3-4,7-13,15,24,27H,1-2,5-6,14H2,(H,25,26);1-2,5-10,13,23,27H,3-4,11-12,14H2,(H,25,26). The van der Waals surface area contributed by atoms with Crippen molar-refractivity contribution in [3.8, 4) is 23.0 Å². The van der Waals surface area contributed by atoms with Gasteiger partial charge in [0.25, 0.3) is 40.1 Å². The van der Waals surface area contributed by atoms with Crippen molar-refractivity contribution in [1.82, 2.24) is 0 Å². The van der Waals surface area contributed by atoms with Gasteiger partial charge in [-0.3, -0.25) is 38.1 Å². The molecule has 12 N–H and O–H groups in total. The molecule has 0 aromatic heterocycles. The summed E-state index contributed by atoms with van der Waals surface area (Å²) >= 11 is 3.74. The third-order valence-electron chi connectivity index (χ3n) is 22.1. The Hall–Kier alpha value is -11.2. The summed E-state index contributed by atoms with van der Waals surface area (Å²) in [5.41, 5.74) is 5.50. The highest BCUT2D eigenvalue weighted by Gasteiger charge is 2.28. The molecule has 2 saturated heterocycles. The minimum absolute atomic E-state index is 0.0633. The van der Waals surface area contributed by atoms with Crippen molar-refractivity contribution in [3.63, 3.8) is 0 Å². The maximum absolute atomic E-state index is 13.1. The number of rotatable bonds is 28. The van der Waals surface area contributed by atoms with Crippen molar-refractivity contribution in [2.24, 2.45) is 0 Å². The highest BCUT2D eigenvalue weighted by atomic mass is 32.2. The maximum atomic E-state index is 13.1. The number of carbonyl (C=O) groups is 4. The SMILES string of the molecule is O=C(O)CSc1cc(NS(=O)(=O)c2ccc(C3CCCC3)cc2)c2ccccc2c1O.O=C(O)CSc1cc(NS(=O)(=O)c2ccc(C3CCCCC3)cc2)c2ccccc2c1O.O=C(O)CSc1cc(NS(=O)(=O)c2ccc(N3CCCC3)cc2)c2ccccc2c1O.O=C(O)CSc1cc(NS(=O)(=O)c2ccc(N3CCCCC3)cc2)c2ccccc2c1O. The molecule has 4 aliphatic rings. The highest BCUT2D eigenvalue weighted by Crippen LogP contribution is 2.46. The summed E-state index contributed by atoms with van der Waals surface area (Å²) in [5, 5.41) is 82.0. The number of anilines is 6. The lowest BCUT2D eigenvalue weighted by Crippen LogP contribution is -2.29. The molecule has 4 fully saturated rings. The van der Waals surface area contributed by atoms with E-state index in [9.17, 15) is 73.3 Å². The Balaban J connectivity index is 0.000000144. The molecule has 0 radical (unpaired) electrons. The number of hydrogen-bond acceptors (Lipinski definition) is 22. The van der Waals surface area contributed by atoms with Crippen LogP contribution in [0.2, 0.25) is 0 Å². The summed E-state index contributed by atoms with van der Waals surface area (Å²) in [6.45, 7) is 3.89. The first-order valence-corrected chi connectivity index (χ1v) is 50.7. The molecular weight excluding hydrogens is 1770 g/mol. The Morgan fingerprint density at radius 2 is 0.492 bits per heavy atom. The molecule has 16 rings (SSSR count). The summed E-state index contributed by atoms with van der Waals surface area (Å²) in [6, 6.07) is 61.0.